The van der Waals surface area contributed by atoms with E-state index in [0.717, 1.165) is 12.8 Å². The molecule has 0 heterocycles. The maximum absolute atomic E-state index is 11.0. The van der Waals surface area contributed by atoms with Crippen molar-refractivity contribution in [3.8, 4) is 0 Å². The van der Waals surface area contributed by atoms with Crippen LogP contribution in [0, 0.1) is 5.92 Å². The molecule has 2 heteroatoms. The van der Waals surface area contributed by atoms with Crippen molar-refractivity contribution in [2.75, 3.05) is 6.61 Å². The lowest BCUT2D eigenvalue weighted by Crippen LogP contribution is -2.06. The van der Waals surface area contributed by atoms with Gasteiger partial charge >= 0.3 is 5.97 Å². The summed E-state index contributed by atoms with van der Waals surface area (Å²) in [4.78, 5) is 11.0. The average Bonchev–Trinajstić information content (AvgIpc) is 2.56. The highest BCUT2D eigenvalue weighted by Crippen LogP contribution is 2.27. The van der Waals surface area contributed by atoms with E-state index >= 15 is 0 Å². The van der Waals surface area contributed by atoms with Gasteiger partial charge in [0.05, 0.1) is 6.61 Å². The van der Waals surface area contributed by atoms with Crippen molar-refractivity contribution in [1.29, 1.82) is 0 Å². The highest BCUT2D eigenvalue weighted by Gasteiger charge is 2.14. The van der Waals surface area contributed by atoms with Crippen LogP contribution in [0.25, 0.3) is 0 Å². The topological polar surface area (TPSA) is 26.3 Å². The van der Waals surface area contributed by atoms with Crippen LogP contribution in [-0.2, 0) is 9.53 Å². The summed E-state index contributed by atoms with van der Waals surface area (Å²) < 4.78 is 5.04. The number of ether oxygens (including phenoxy) is 1. The van der Waals surface area contributed by atoms with Gasteiger partial charge in [-0.15, -0.1) is 0 Å². The Balaban J connectivity index is 2.03. The van der Waals surface area contributed by atoms with E-state index in [1.807, 2.05) is 36.4 Å². The van der Waals surface area contributed by atoms with E-state index in [9.17, 15) is 4.79 Å². The lowest BCUT2D eigenvalue weighted by molar-refractivity contribution is -0.137. The Hall–Kier alpha value is -2.35. The minimum absolute atomic E-state index is 0.365. The monoisotopic (exact) mass is 279 g/mol. The summed E-state index contributed by atoms with van der Waals surface area (Å²) in [6.45, 7) is 3.80. The van der Waals surface area contributed by atoms with Crippen molar-refractivity contribution in [3.05, 3.63) is 90.4 Å². The predicted octanol–water partition coefficient (Wildman–Crippen LogP) is 4.17. The molecule has 1 radical (unpaired) electrons. The van der Waals surface area contributed by atoms with Crippen LogP contribution < -0.4 is 0 Å². The molecule has 2 nitrogen and oxygen atoms in total. The number of hydrogen-bond acceptors (Lipinski definition) is 2. The van der Waals surface area contributed by atoms with Crippen LogP contribution in [0.5, 0.6) is 0 Å². The van der Waals surface area contributed by atoms with E-state index in [1.54, 1.807) is 0 Å². The number of carbonyl (C=O) groups excluding carboxylic acids is 1. The van der Waals surface area contributed by atoms with Gasteiger partial charge in [0.2, 0.25) is 0 Å². The van der Waals surface area contributed by atoms with Crippen LogP contribution in [-0.4, -0.2) is 12.6 Å². The number of carbonyl (C=O) groups is 1. The lowest BCUT2D eigenvalue weighted by atomic mass is 9.88. The maximum Gasteiger partial charge on any atom is 0.330 e. The van der Waals surface area contributed by atoms with Crippen molar-refractivity contribution in [3.63, 3.8) is 0 Å². The molecule has 0 aliphatic rings. The van der Waals surface area contributed by atoms with Gasteiger partial charge in [-0.25, -0.2) is 4.79 Å². The smallest absolute Gasteiger partial charge is 0.330 e. The molecule has 0 atom stereocenters. The van der Waals surface area contributed by atoms with E-state index in [-0.39, 0.29) is 5.97 Å². The molecule has 0 aromatic heterocycles. The summed E-state index contributed by atoms with van der Waals surface area (Å²) >= 11 is 0. The normalized spacial score (nSPS) is 10.3. The van der Waals surface area contributed by atoms with Gasteiger partial charge in [-0.05, 0) is 24.0 Å². The van der Waals surface area contributed by atoms with Crippen molar-refractivity contribution >= 4 is 5.97 Å². The number of esters is 1. The molecule has 0 N–H and O–H groups in total. The minimum atomic E-state index is -0.365. The zero-order valence-electron chi connectivity index (χ0n) is 12.0. The second-order valence-corrected chi connectivity index (χ2v) is 4.69. The largest absolute Gasteiger partial charge is 0.463 e. The van der Waals surface area contributed by atoms with Gasteiger partial charge in [0.25, 0.3) is 0 Å². The zero-order valence-corrected chi connectivity index (χ0v) is 12.0. The van der Waals surface area contributed by atoms with Gasteiger partial charge in [-0.2, -0.15) is 0 Å². The Morgan fingerprint density at radius 3 is 1.95 bits per heavy atom. The van der Waals surface area contributed by atoms with Crippen LogP contribution in [0.4, 0.5) is 0 Å². The van der Waals surface area contributed by atoms with Crippen molar-refractivity contribution in [1.82, 2.24) is 0 Å². The van der Waals surface area contributed by atoms with E-state index in [4.69, 9.17) is 4.74 Å². The molecule has 2 rings (SSSR count). The zero-order chi connectivity index (χ0) is 14.9. The number of benzene rings is 2. The number of hydrogen-bond donors (Lipinski definition) is 0. The molecule has 0 spiro atoms. The molecular formula is C19H19O2. The van der Waals surface area contributed by atoms with Crippen LogP contribution >= 0.6 is 0 Å². The molecule has 2 aromatic rings. The highest BCUT2D eigenvalue weighted by atomic mass is 16.5. The third-order valence-electron chi connectivity index (χ3n) is 3.23. The van der Waals surface area contributed by atoms with Crippen molar-refractivity contribution < 1.29 is 9.53 Å². The third kappa shape index (κ3) is 4.60. The predicted molar refractivity (Wildman–Crippen MR) is 84.7 cm³/mol. The van der Waals surface area contributed by atoms with Crippen LogP contribution in [0.1, 0.15) is 24.0 Å². The summed E-state index contributed by atoms with van der Waals surface area (Å²) in [5, 5.41) is 0. The van der Waals surface area contributed by atoms with Crippen molar-refractivity contribution in [2.45, 2.75) is 12.8 Å². The Bertz CT molecular complexity index is 521. The summed E-state index contributed by atoms with van der Waals surface area (Å²) in [7, 11) is 0. The van der Waals surface area contributed by atoms with E-state index < -0.39 is 0 Å². The van der Waals surface area contributed by atoms with Gasteiger partial charge in [0.1, 0.15) is 0 Å². The quantitative estimate of drug-likeness (QED) is 0.432. The molecule has 107 valence electrons. The fourth-order valence-electron chi connectivity index (χ4n) is 2.21. The third-order valence-corrected chi connectivity index (χ3v) is 3.23. The maximum atomic E-state index is 11.0. The Morgan fingerprint density at radius 1 is 0.952 bits per heavy atom. The van der Waals surface area contributed by atoms with Gasteiger partial charge in [-0.3, -0.25) is 0 Å². The first-order valence-electron chi connectivity index (χ1n) is 7.07. The molecule has 0 fully saturated rings. The first-order valence-corrected chi connectivity index (χ1v) is 7.07. The minimum Gasteiger partial charge on any atom is -0.463 e. The SMILES string of the molecule is C=CC(=O)OCCC[C](c1ccccc1)c1ccccc1. The standard InChI is InChI=1S/C19H19O2/c1-2-19(20)21-15-9-14-18(16-10-5-3-6-11-16)17-12-7-4-8-13-17/h2-8,10-13H,1,9,14-15H2. The molecule has 0 unspecified atom stereocenters. The van der Waals surface area contributed by atoms with Gasteiger partial charge in [-0.1, -0.05) is 67.2 Å². The molecule has 0 saturated carbocycles. The molecule has 0 aliphatic heterocycles. The van der Waals surface area contributed by atoms with Gasteiger partial charge in [0, 0.05) is 12.0 Å². The van der Waals surface area contributed by atoms with Gasteiger partial charge < -0.3 is 4.74 Å². The Kier molecular flexibility index (Phi) is 5.77. The molecular weight excluding hydrogens is 260 g/mol. The fourth-order valence-corrected chi connectivity index (χ4v) is 2.21. The van der Waals surface area contributed by atoms with Crippen LogP contribution in [0.2, 0.25) is 0 Å². The molecule has 0 saturated heterocycles. The summed E-state index contributed by atoms with van der Waals surface area (Å²) in [6.07, 6.45) is 2.84. The van der Waals surface area contributed by atoms with Crippen LogP contribution in [0.15, 0.2) is 73.3 Å². The summed E-state index contributed by atoms with van der Waals surface area (Å²) in [5.41, 5.74) is 2.41. The molecule has 21 heavy (non-hydrogen) atoms. The number of rotatable bonds is 7. The summed E-state index contributed by atoms with van der Waals surface area (Å²) in [5.74, 6) is 0.904. The van der Waals surface area contributed by atoms with Gasteiger partial charge in [0.15, 0.2) is 0 Å². The van der Waals surface area contributed by atoms with E-state index in [2.05, 4.69) is 30.8 Å². The fraction of sp³-hybridized carbons (Fsp3) is 0.158. The molecule has 0 amide bonds. The second-order valence-electron chi connectivity index (χ2n) is 4.69. The van der Waals surface area contributed by atoms with Crippen molar-refractivity contribution in [2.24, 2.45) is 0 Å². The molecule has 2 aromatic carbocycles. The van der Waals surface area contributed by atoms with E-state index in [1.165, 1.54) is 23.1 Å². The lowest BCUT2D eigenvalue weighted by Gasteiger charge is -2.17. The average molecular weight is 279 g/mol. The molecule has 0 bridgehead atoms. The first kappa shape index (κ1) is 15.0. The van der Waals surface area contributed by atoms with E-state index in [0.29, 0.717) is 6.61 Å². The molecule has 0 aliphatic carbocycles. The Labute approximate surface area is 126 Å². The Morgan fingerprint density at radius 2 is 1.48 bits per heavy atom. The first-order chi connectivity index (χ1) is 10.3. The second kappa shape index (κ2) is 8.05. The summed E-state index contributed by atoms with van der Waals surface area (Å²) in [6, 6.07) is 20.6. The highest BCUT2D eigenvalue weighted by molar-refractivity contribution is 5.81. The van der Waals surface area contributed by atoms with Crippen LogP contribution in [0.3, 0.4) is 0 Å².